The molecule has 212 valence electrons. The van der Waals surface area contributed by atoms with Gasteiger partial charge >= 0.3 is 6.03 Å². The quantitative estimate of drug-likeness (QED) is 0.408. The molecule has 2 rings (SSSR count). The Morgan fingerprint density at radius 3 is 1.55 bits per heavy atom. The second kappa shape index (κ2) is 16.2. The number of imidazole rings is 1. The molecule has 1 unspecified atom stereocenters. The van der Waals surface area contributed by atoms with Crippen LogP contribution in [0.3, 0.4) is 0 Å². The Hall–Kier alpha value is -2.80. The van der Waals surface area contributed by atoms with E-state index in [4.69, 9.17) is 0 Å². The van der Waals surface area contributed by atoms with Crippen molar-refractivity contribution in [3.8, 4) is 0 Å². The van der Waals surface area contributed by atoms with Crippen molar-refractivity contribution in [3.05, 3.63) is 18.7 Å². The molecule has 0 spiro atoms. The second-order valence-corrected chi connectivity index (χ2v) is 10.1. The van der Waals surface area contributed by atoms with Gasteiger partial charge in [0, 0.05) is 71.3 Å². The predicted molar refractivity (Wildman–Crippen MR) is 143 cm³/mol. The highest BCUT2D eigenvalue weighted by atomic mass is 16.2. The molecule has 12 heteroatoms. The topological polar surface area (TPSA) is 128 Å². The van der Waals surface area contributed by atoms with Crippen LogP contribution >= 0.6 is 0 Å². The summed E-state index contributed by atoms with van der Waals surface area (Å²) in [4.78, 5) is 73.0. The zero-order valence-corrected chi connectivity index (χ0v) is 23.2. The third-order valence-electron chi connectivity index (χ3n) is 6.55. The van der Waals surface area contributed by atoms with E-state index >= 15 is 0 Å². The van der Waals surface area contributed by atoms with Crippen LogP contribution in [0.1, 0.15) is 34.1 Å². The maximum Gasteiger partial charge on any atom is 0.326 e. The molecule has 1 saturated heterocycles. The summed E-state index contributed by atoms with van der Waals surface area (Å²) >= 11 is 0. The lowest BCUT2D eigenvalue weighted by Gasteiger charge is -2.36. The van der Waals surface area contributed by atoms with Gasteiger partial charge in [-0.3, -0.25) is 43.3 Å². The summed E-state index contributed by atoms with van der Waals surface area (Å²) in [6.45, 7) is 12.2. The molecule has 1 N–H and O–H groups in total. The fraction of sp³-hybridized carbons (Fsp3) is 0.692. The predicted octanol–water partition coefficient (Wildman–Crippen LogP) is -0.223. The number of aromatic nitrogens is 2. The second-order valence-electron chi connectivity index (χ2n) is 10.1. The third kappa shape index (κ3) is 11.7. The number of amides is 1. The van der Waals surface area contributed by atoms with Crippen molar-refractivity contribution in [1.29, 1.82) is 0 Å². The largest absolute Gasteiger partial charge is 0.337 e. The average molecular weight is 534 g/mol. The minimum absolute atomic E-state index is 0.00200. The van der Waals surface area contributed by atoms with E-state index in [9.17, 15) is 24.0 Å². The molecule has 2 heterocycles. The van der Waals surface area contributed by atoms with Crippen molar-refractivity contribution >= 4 is 29.2 Å². The number of carbonyl (C=O) groups is 5. The number of nitrogens with zero attached hydrogens (tertiary/aromatic N) is 6. The summed E-state index contributed by atoms with van der Waals surface area (Å²) in [5, 5.41) is 2.83. The summed E-state index contributed by atoms with van der Waals surface area (Å²) in [5.41, 5.74) is 0. The standard InChI is InChI=1S/C26H43N7O5/c1-21(34)17-29-9-11-30(18-22(2)35)13-15-32(16-14-31(12-10-29)19-23(3)36)25(24(4)37)5-6-28-26(38)33-8-7-27-20-33/h7-8,20,25H,5-6,9-19H2,1-4H3,(H,28,38). The number of rotatable bonds is 11. The van der Waals surface area contributed by atoms with Gasteiger partial charge in [-0.25, -0.2) is 9.78 Å². The Morgan fingerprint density at radius 1 is 0.737 bits per heavy atom. The molecule has 0 radical (unpaired) electrons. The molecule has 1 aliphatic heterocycles. The molecule has 1 fully saturated rings. The lowest BCUT2D eigenvalue weighted by Crippen LogP contribution is -2.52. The van der Waals surface area contributed by atoms with E-state index in [1.807, 2.05) is 0 Å². The molecule has 1 aromatic rings. The van der Waals surface area contributed by atoms with Gasteiger partial charge in [0.15, 0.2) is 0 Å². The van der Waals surface area contributed by atoms with Gasteiger partial charge in [0.25, 0.3) is 0 Å². The smallest absolute Gasteiger partial charge is 0.326 e. The lowest BCUT2D eigenvalue weighted by molar-refractivity contribution is -0.123. The number of hydrogen-bond donors (Lipinski definition) is 1. The van der Waals surface area contributed by atoms with Crippen molar-refractivity contribution < 1.29 is 24.0 Å². The van der Waals surface area contributed by atoms with Crippen molar-refractivity contribution in [2.45, 2.75) is 40.2 Å². The van der Waals surface area contributed by atoms with Crippen LogP contribution in [-0.2, 0) is 19.2 Å². The van der Waals surface area contributed by atoms with E-state index in [2.05, 4.69) is 29.9 Å². The van der Waals surface area contributed by atoms with Gasteiger partial charge in [-0.05, 0) is 34.1 Å². The van der Waals surface area contributed by atoms with Crippen LogP contribution in [0.15, 0.2) is 18.7 Å². The van der Waals surface area contributed by atoms with Crippen molar-refractivity contribution in [1.82, 2.24) is 34.5 Å². The van der Waals surface area contributed by atoms with E-state index in [-0.39, 0.29) is 29.2 Å². The first kappa shape index (κ1) is 31.4. The molecule has 12 nitrogen and oxygen atoms in total. The lowest BCUT2D eigenvalue weighted by atomic mass is 10.1. The summed E-state index contributed by atoms with van der Waals surface area (Å²) < 4.78 is 1.34. The first-order chi connectivity index (χ1) is 18.0. The van der Waals surface area contributed by atoms with E-state index < -0.39 is 6.04 Å². The van der Waals surface area contributed by atoms with Crippen molar-refractivity contribution in [3.63, 3.8) is 0 Å². The van der Waals surface area contributed by atoms with Crippen LogP contribution < -0.4 is 5.32 Å². The van der Waals surface area contributed by atoms with Crippen LogP contribution in [0.4, 0.5) is 4.79 Å². The SMILES string of the molecule is CC(=O)CN1CCN(CC(C)=O)CCN(C(CCNC(=O)n2ccnc2)C(C)=O)CCN(CC(C)=O)CC1. The van der Waals surface area contributed by atoms with E-state index in [0.717, 1.165) is 0 Å². The number of Topliss-reactive ketones (excluding diaryl/α,β-unsaturated/α-hetero) is 4. The van der Waals surface area contributed by atoms with E-state index in [1.165, 1.54) is 17.1 Å². The maximum atomic E-state index is 12.7. The van der Waals surface area contributed by atoms with Crippen molar-refractivity contribution in [2.75, 3.05) is 78.5 Å². The van der Waals surface area contributed by atoms with Crippen LogP contribution in [0.25, 0.3) is 0 Å². The van der Waals surface area contributed by atoms with Gasteiger partial charge in [-0.2, -0.15) is 0 Å². The molecule has 0 bridgehead atoms. The molecule has 0 saturated carbocycles. The average Bonchev–Trinajstić information content (AvgIpc) is 3.36. The summed E-state index contributed by atoms with van der Waals surface area (Å²) in [6.07, 6.45) is 4.92. The fourth-order valence-corrected chi connectivity index (χ4v) is 4.71. The molecular formula is C26H43N7O5. The summed E-state index contributed by atoms with van der Waals surface area (Å²) in [7, 11) is 0. The highest BCUT2D eigenvalue weighted by Crippen LogP contribution is 2.09. The monoisotopic (exact) mass is 533 g/mol. The Balaban J connectivity index is 2.17. The Labute approximate surface area is 225 Å². The molecule has 1 amide bonds. The van der Waals surface area contributed by atoms with Gasteiger partial charge in [-0.15, -0.1) is 0 Å². The molecule has 1 aliphatic rings. The molecule has 0 aliphatic carbocycles. The number of nitrogens with one attached hydrogen (secondary N) is 1. The van der Waals surface area contributed by atoms with Gasteiger partial charge in [0.05, 0.1) is 25.7 Å². The van der Waals surface area contributed by atoms with Gasteiger partial charge in [-0.1, -0.05) is 0 Å². The Bertz CT molecular complexity index is 904. The van der Waals surface area contributed by atoms with Crippen LogP contribution in [-0.4, -0.2) is 143 Å². The highest BCUT2D eigenvalue weighted by Gasteiger charge is 2.25. The summed E-state index contributed by atoms with van der Waals surface area (Å²) in [6, 6.07) is -0.734. The normalized spacial score (nSPS) is 18.2. The Kier molecular flexibility index (Phi) is 13.4. The molecule has 1 atom stereocenters. The van der Waals surface area contributed by atoms with Gasteiger partial charge in [0.2, 0.25) is 0 Å². The van der Waals surface area contributed by atoms with E-state index in [0.29, 0.717) is 85.0 Å². The minimum Gasteiger partial charge on any atom is -0.337 e. The maximum absolute atomic E-state index is 12.7. The number of hydrogen-bond acceptors (Lipinski definition) is 10. The molecule has 0 aromatic carbocycles. The number of carbonyl (C=O) groups excluding carboxylic acids is 5. The van der Waals surface area contributed by atoms with Crippen molar-refractivity contribution in [2.24, 2.45) is 0 Å². The van der Waals surface area contributed by atoms with E-state index in [1.54, 1.807) is 33.9 Å². The fourth-order valence-electron chi connectivity index (χ4n) is 4.71. The molecule has 38 heavy (non-hydrogen) atoms. The highest BCUT2D eigenvalue weighted by molar-refractivity contribution is 5.82. The van der Waals surface area contributed by atoms with Gasteiger partial charge < -0.3 is 5.32 Å². The minimum atomic E-state index is -0.423. The summed E-state index contributed by atoms with van der Waals surface area (Å²) in [5.74, 6) is 0.182. The third-order valence-corrected chi connectivity index (χ3v) is 6.55. The first-order valence-electron chi connectivity index (χ1n) is 13.2. The molecule has 1 aromatic heterocycles. The van der Waals surface area contributed by atoms with Crippen LogP contribution in [0.5, 0.6) is 0 Å². The zero-order valence-electron chi connectivity index (χ0n) is 23.2. The first-order valence-corrected chi connectivity index (χ1v) is 13.2. The molecular weight excluding hydrogens is 490 g/mol. The zero-order chi connectivity index (χ0) is 28.1. The van der Waals surface area contributed by atoms with Crippen LogP contribution in [0, 0.1) is 0 Å². The Morgan fingerprint density at radius 2 is 1.18 bits per heavy atom. The van der Waals surface area contributed by atoms with Gasteiger partial charge in [0.1, 0.15) is 29.5 Å². The number of ketones is 4. The van der Waals surface area contributed by atoms with Crippen LogP contribution in [0.2, 0.25) is 0 Å².